The number of benzene rings is 2. The molecule has 0 bridgehead atoms. The third-order valence-electron chi connectivity index (χ3n) is 7.52. The second kappa shape index (κ2) is 12.1. The zero-order valence-electron chi connectivity index (χ0n) is 20.0. The van der Waals surface area contributed by atoms with Crippen molar-refractivity contribution in [2.24, 2.45) is 16.9 Å². The quantitative estimate of drug-likeness (QED) is 0.322. The Bertz CT molecular complexity index is 947. The molecular weight excluding hydrogens is 427 g/mol. The van der Waals surface area contributed by atoms with Crippen molar-refractivity contribution < 1.29 is 9.18 Å². The van der Waals surface area contributed by atoms with E-state index in [9.17, 15) is 9.18 Å². The van der Waals surface area contributed by atoms with Gasteiger partial charge in [0.15, 0.2) is 0 Å². The van der Waals surface area contributed by atoms with E-state index in [1.54, 1.807) is 12.1 Å². The van der Waals surface area contributed by atoms with E-state index in [2.05, 4.69) is 27.5 Å². The molecule has 3 atom stereocenters. The van der Waals surface area contributed by atoms with Gasteiger partial charge in [-0.2, -0.15) is 5.10 Å². The van der Waals surface area contributed by atoms with Gasteiger partial charge < -0.3 is 11.2 Å². The number of carbonyl (C=O) groups excluding carboxylic acids is 1. The number of nitrogens with zero attached hydrogens (tertiary/aromatic N) is 2. The number of fused-ring (bicyclic) bond motifs is 1. The molecule has 1 unspecified atom stereocenters. The Hall–Kier alpha value is -2.73. The Balaban J connectivity index is 1.28. The zero-order valence-corrected chi connectivity index (χ0v) is 20.0. The number of hydrogen-bond acceptors (Lipinski definition) is 4. The summed E-state index contributed by atoms with van der Waals surface area (Å²) in [6.07, 6.45) is 8.99. The van der Waals surface area contributed by atoms with Crippen LogP contribution in [0.4, 0.5) is 4.39 Å². The highest BCUT2D eigenvalue weighted by atomic mass is 19.1. The maximum absolute atomic E-state index is 13.2. The molecule has 3 N–H and O–H groups in total. The van der Waals surface area contributed by atoms with Gasteiger partial charge in [0.05, 0.1) is 5.71 Å². The number of aryl methyl sites for hydroxylation is 1. The molecule has 1 saturated carbocycles. The van der Waals surface area contributed by atoms with Crippen LogP contribution in [0.2, 0.25) is 0 Å². The summed E-state index contributed by atoms with van der Waals surface area (Å²) in [7, 11) is 0. The first-order chi connectivity index (χ1) is 16.6. The van der Waals surface area contributed by atoms with Gasteiger partial charge in [-0.3, -0.25) is 9.69 Å². The van der Waals surface area contributed by atoms with Crippen molar-refractivity contribution in [2.75, 3.05) is 13.1 Å². The molecule has 2 aromatic carbocycles. The summed E-state index contributed by atoms with van der Waals surface area (Å²) in [5.74, 6) is 6.09. The highest BCUT2D eigenvalue weighted by Gasteiger charge is 2.39. The van der Waals surface area contributed by atoms with Crippen LogP contribution in [0, 0.1) is 11.7 Å². The van der Waals surface area contributed by atoms with Crippen molar-refractivity contribution in [2.45, 2.75) is 69.9 Å². The molecule has 1 amide bonds. The first-order valence-electron chi connectivity index (χ1n) is 12.7. The van der Waals surface area contributed by atoms with Crippen LogP contribution in [-0.2, 0) is 11.2 Å². The molecule has 1 aliphatic heterocycles. The van der Waals surface area contributed by atoms with Crippen molar-refractivity contribution in [3.05, 3.63) is 71.5 Å². The average Bonchev–Trinajstić information content (AvgIpc) is 2.88. The van der Waals surface area contributed by atoms with Gasteiger partial charge in [-0.25, -0.2) is 4.39 Å². The van der Waals surface area contributed by atoms with Crippen molar-refractivity contribution in [1.82, 2.24) is 10.2 Å². The molecule has 2 fully saturated rings. The first-order valence-corrected chi connectivity index (χ1v) is 12.7. The van der Waals surface area contributed by atoms with Crippen molar-refractivity contribution >= 4 is 11.6 Å². The standard InChI is InChI=1S/C28H37FN4O/c29-23-15-13-22(14-16-23)25(32-30)10-6-19-33-20-18-26(24-9-4-5-11-27(24)33)31-28(34)17-12-21-7-2-1-3-8-21/h1-3,7-8,13-16,24,26-27H,4-6,9-12,17-20,30H2,(H,31,34)/t24-,26-,27?/m0/s1. The van der Waals surface area contributed by atoms with Gasteiger partial charge in [-0.15, -0.1) is 0 Å². The van der Waals surface area contributed by atoms with Gasteiger partial charge in [0.1, 0.15) is 5.82 Å². The Morgan fingerprint density at radius 1 is 1.03 bits per heavy atom. The third kappa shape index (κ3) is 6.44. The number of hydrogen-bond donors (Lipinski definition) is 2. The Morgan fingerprint density at radius 2 is 1.79 bits per heavy atom. The second-order valence-electron chi connectivity index (χ2n) is 9.69. The van der Waals surface area contributed by atoms with Crippen LogP contribution in [-0.4, -0.2) is 41.7 Å². The average molecular weight is 465 g/mol. The highest BCUT2D eigenvalue weighted by molar-refractivity contribution is 6.00. The highest BCUT2D eigenvalue weighted by Crippen LogP contribution is 2.36. The number of nitrogens with two attached hydrogens (primary N) is 1. The molecule has 5 nitrogen and oxygen atoms in total. The van der Waals surface area contributed by atoms with Crippen LogP contribution < -0.4 is 11.2 Å². The van der Waals surface area contributed by atoms with E-state index < -0.39 is 0 Å². The van der Waals surface area contributed by atoms with Crippen LogP contribution in [0.25, 0.3) is 0 Å². The van der Waals surface area contributed by atoms with Gasteiger partial charge >= 0.3 is 0 Å². The minimum absolute atomic E-state index is 0.176. The lowest BCUT2D eigenvalue weighted by Gasteiger charge is -2.48. The summed E-state index contributed by atoms with van der Waals surface area (Å²) in [5.41, 5.74) is 2.92. The number of amides is 1. The van der Waals surface area contributed by atoms with Crippen molar-refractivity contribution in [3.63, 3.8) is 0 Å². The fourth-order valence-electron chi connectivity index (χ4n) is 5.76. The van der Waals surface area contributed by atoms with Crippen molar-refractivity contribution in [3.8, 4) is 0 Å². The molecule has 1 heterocycles. The Morgan fingerprint density at radius 3 is 2.56 bits per heavy atom. The molecule has 2 aromatic rings. The molecule has 0 radical (unpaired) electrons. The molecule has 4 rings (SSSR count). The number of nitrogens with one attached hydrogen (secondary N) is 1. The molecule has 0 spiro atoms. The van der Waals surface area contributed by atoms with E-state index in [4.69, 9.17) is 5.84 Å². The molecule has 1 aliphatic carbocycles. The van der Waals surface area contributed by atoms with Crippen LogP contribution in [0.5, 0.6) is 0 Å². The second-order valence-corrected chi connectivity index (χ2v) is 9.69. The van der Waals surface area contributed by atoms with Crippen LogP contribution >= 0.6 is 0 Å². The summed E-state index contributed by atoms with van der Waals surface area (Å²) in [6, 6.07) is 17.4. The maximum Gasteiger partial charge on any atom is 0.220 e. The van der Waals surface area contributed by atoms with Gasteiger partial charge in [0, 0.05) is 25.0 Å². The van der Waals surface area contributed by atoms with E-state index in [0.29, 0.717) is 18.4 Å². The van der Waals surface area contributed by atoms with E-state index in [0.717, 1.165) is 50.0 Å². The topological polar surface area (TPSA) is 70.7 Å². The van der Waals surface area contributed by atoms with E-state index in [1.807, 2.05) is 18.2 Å². The zero-order chi connectivity index (χ0) is 23.8. The van der Waals surface area contributed by atoms with Crippen molar-refractivity contribution in [1.29, 1.82) is 0 Å². The van der Waals surface area contributed by atoms with Crippen LogP contribution in [0.15, 0.2) is 59.7 Å². The normalized spacial score (nSPS) is 23.3. The summed E-state index contributed by atoms with van der Waals surface area (Å²) in [6.45, 7) is 2.01. The summed E-state index contributed by atoms with van der Waals surface area (Å²) >= 11 is 0. The minimum atomic E-state index is -0.251. The fourth-order valence-corrected chi connectivity index (χ4v) is 5.76. The van der Waals surface area contributed by atoms with Crippen LogP contribution in [0.1, 0.15) is 62.5 Å². The van der Waals surface area contributed by atoms with Gasteiger partial charge in [0.25, 0.3) is 0 Å². The van der Waals surface area contributed by atoms with E-state index >= 15 is 0 Å². The monoisotopic (exact) mass is 464 g/mol. The number of likely N-dealkylation sites (tertiary alicyclic amines) is 1. The molecule has 0 aromatic heterocycles. The number of hydrazone groups is 1. The molecule has 182 valence electrons. The molecular formula is C28H37FN4O. The molecule has 1 saturated heterocycles. The lowest BCUT2D eigenvalue weighted by atomic mass is 9.75. The number of carbonyl (C=O) groups is 1. The largest absolute Gasteiger partial charge is 0.353 e. The maximum atomic E-state index is 13.2. The lowest BCUT2D eigenvalue weighted by Crippen LogP contribution is -2.57. The number of piperidine rings is 1. The Kier molecular flexibility index (Phi) is 8.69. The molecule has 6 heteroatoms. The first kappa shape index (κ1) is 24.4. The Labute approximate surface area is 202 Å². The van der Waals surface area contributed by atoms with Crippen LogP contribution in [0.3, 0.4) is 0 Å². The van der Waals surface area contributed by atoms with E-state index in [1.165, 1.54) is 43.4 Å². The summed E-state index contributed by atoms with van der Waals surface area (Å²) in [5, 5.41) is 7.35. The van der Waals surface area contributed by atoms with E-state index in [-0.39, 0.29) is 17.8 Å². The smallest absolute Gasteiger partial charge is 0.220 e. The summed E-state index contributed by atoms with van der Waals surface area (Å²) < 4.78 is 13.2. The number of halogens is 1. The van der Waals surface area contributed by atoms with Gasteiger partial charge in [0.2, 0.25) is 5.91 Å². The van der Waals surface area contributed by atoms with Gasteiger partial charge in [-0.05, 0) is 74.2 Å². The van der Waals surface area contributed by atoms with Gasteiger partial charge in [-0.1, -0.05) is 55.3 Å². The predicted molar refractivity (Wildman–Crippen MR) is 135 cm³/mol. The minimum Gasteiger partial charge on any atom is -0.353 e. The fraction of sp³-hybridized carbons (Fsp3) is 0.500. The molecule has 34 heavy (non-hydrogen) atoms. The predicted octanol–water partition coefficient (Wildman–Crippen LogP) is 4.65. The summed E-state index contributed by atoms with van der Waals surface area (Å²) in [4.78, 5) is 15.3. The number of rotatable bonds is 9. The molecule has 2 aliphatic rings. The third-order valence-corrected chi connectivity index (χ3v) is 7.52. The SMILES string of the molecule is NN=C(CCCN1CC[C@H](NC(=O)CCc2ccccc2)[C@@H]2CCCCC21)c1ccc(F)cc1. The lowest BCUT2D eigenvalue weighted by molar-refractivity contribution is -0.123.